The van der Waals surface area contributed by atoms with E-state index in [0.717, 1.165) is 28.2 Å². The molecule has 0 unspecified atom stereocenters. The number of nitrogens with one attached hydrogen (secondary N) is 1. The Hall–Kier alpha value is -3.60. The highest BCUT2D eigenvalue weighted by Crippen LogP contribution is 2.25. The molecule has 31 heavy (non-hydrogen) atoms. The number of carbonyl (C=O) groups excluding carboxylic acids is 1. The van der Waals surface area contributed by atoms with Gasteiger partial charge in [0.25, 0.3) is 5.91 Å². The van der Waals surface area contributed by atoms with Gasteiger partial charge in [-0.1, -0.05) is 54.6 Å². The fourth-order valence-electron chi connectivity index (χ4n) is 2.86. The van der Waals surface area contributed by atoms with Crippen LogP contribution in [0.1, 0.15) is 15.9 Å². The van der Waals surface area contributed by atoms with Crippen LogP contribution in [0, 0.1) is 0 Å². The van der Waals surface area contributed by atoms with Crippen LogP contribution in [0.5, 0.6) is 5.75 Å². The maximum absolute atomic E-state index is 12.5. The number of benzene rings is 2. The van der Waals surface area contributed by atoms with Crippen LogP contribution in [0.4, 0.5) is 13.2 Å². The molecule has 3 aromatic rings. The minimum absolute atomic E-state index is 0.0329. The standard InChI is InChI=1S/C20H15F3N2O5S/c21-20(22,23)31(29,30)24-19(28)16-11-25(12-17(26)18(16)27)10-14-8-4-5-9-15(14)13-6-2-1-3-7-13/h1-9,11-12,26H,10H2,(H,24,28). The Morgan fingerprint density at radius 2 is 1.61 bits per heavy atom. The van der Waals surface area contributed by atoms with Crippen molar-refractivity contribution in [2.75, 3.05) is 0 Å². The topological polar surface area (TPSA) is 105 Å². The van der Waals surface area contributed by atoms with Crippen molar-refractivity contribution in [3.8, 4) is 16.9 Å². The number of sulfonamides is 1. The molecule has 162 valence electrons. The van der Waals surface area contributed by atoms with Crippen molar-refractivity contribution in [3.63, 3.8) is 0 Å². The van der Waals surface area contributed by atoms with Crippen molar-refractivity contribution in [2.24, 2.45) is 0 Å². The Bertz CT molecular complexity index is 1290. The first-order chi connectivity index (χ1) is 14.5. The van der Waals surface area contributed by atoms with Gasteiger partial charge in [0.1, 0.15) is 5.56 Å². The lowest BCUT2D eigenvalue weighted by molar-refractivity contribution is -0.0446. The van der Waals surface area contributed by atoms with Crippen LogP contribution >= 0.6 is 0 Å². The molecule has 11 heteroatoms. The molecule has 1 aromatic heterocycles. The van der Waals surface area contributed by atoms with E-state index in [1.54, 1.807) is 18.2 Å². The van der Waals surface area contributed by atoms with Gasteiger partial charge in [-0.25, -0.2) is 4.72 Å². The summed E-state index contributed by atoms with van der Waals surface area (Å²) < 4.78 is 61.9. The summed E-state index contributed by atoms with van der Waals surface area (Å²) in [5.41, 5.74) is -5.60. The van der Waals surface area contributed by atoms with Crippen LogP contribution in [0.15, 0.2) is 71.8 Å². The van der Waals surface area contributed by atoms with E-state index in [-0.39, 0.29) is 6.54 Å². The first-order valence-electron chi connectivity index (χ1n) is 8.69. The third-order valence-electron chi connectivity index (χ3n) is 4.29. The number of amides is 1. The molecule has 0 spiro atoms. The molecule has 1 amide bonds. The molecular formula is C20H15F3N2O5S. The number of hydrogen-bond acceptors (Lipinski definition) is 5. The molecule has 0 saturated carbocycles. The molecule has 0 radical (unpaired) electrons. The van der Waals surface area contributed by atoms with E-state index in [2.05, 4.69) is 0 Å². The lowest BCUT2D eigenvalue weighted by Crippen LogP contribution is -2.41. The normalized spacial score (nSPS) is 11.8. The van der Waals surface area contributed by atoms with Crippen LogP contribution in [-0.4, -0.2) is 29.5 Å². The highest BCUT2D eigenvalue weighted by atomic mass is 32.2. The molecule has 1 heterocycles. The number of hydrogen-bond donors (Lipinski definition) is 2. The summed E-state index contributed by atoms with van der Waals surface area (Å²) in [6.45, 7) is 0.0329. The number of aromatic hydroxyl groups is 1. The molecular weight excluding hydrogens is 437 g/mol. The quantitative estimate of drug-likeness (QED) is 0.620. The maximum Gasteiger partial charge on any atom is 0.516 e. The largest absolute Gasteiger partial charge is 0.516 e. The minimum atomic E-state index is -6.02. The second-order valence-corrected chi connectivity index (χ2v) is 8.14. The van der Waals surface area contributed by atoms with Crippen molar-refractivity contribution >= 4 is 15.9 Å². The number of aromatic nitrogens is 1. The van der Waals surface area contributed by atoms with Gasteiger partial charge in [-0.05, 0) is 16.7 Å². The second-order valence-electron chi connectivity index (χ2n) is 6.46. The highest BCUT2D eigenvalue weighted by molar-refractivity contribution is 7.90. The fourth-order valence-corrected chi connectivity index (χ4v) is 3.33. The van der Waals surface area contributed by atoms with Crippen LogP contribution < -0.4 is 10.2 Å². The van der Waals surface area contributed by atoms with E-state index < -0.39 is 38.2 Å². The molecule has 0 fully saturated rings. The number of pyridine rings is 1. The van der Waals surface area contributed by atoms with E-state index >= 15 is 0 Å². The molecule has 3 rings (SSSR count). The summed E-state index contributed by atoms with van der Waals surface area (Å²) >= 11 is 0. The van der Waals surface area contributed by atoms with E-state index in [0.29, 0.717) is 5.56 Å². The maximum atomic E-state index is 12.5. The average molecular weight is 452 g/mol. The summed E-state index contributed by atoms with van der Waals surface area (Å²) in [6.07, 6.45) is 1.88. The molecule has 2 aromatic carbocycles. The minimum Gasteiger partial charge on any atom is -0.503 e. The van der Waals surface area contributed by atoms with E-state index in [1.165, 1.54) is 4.57 Å². The Balaban J connectivity index is 1.99. The second kappa shape index (κ2) is 8.26. The predicted octanol–water partition coefficient (Wildman–Crippen LogP) is 2.85. The van der Waals surface area contributed by atoms with Gasteiger partial charge < -0.3 is 9.67 Å². The van der Waals surface area contributed by atoms with Crippen LogP contribution in [-0.2, 0) is 16.6 Å². The van der Waals surface area contributed by atoms with Crippen molar-refractivity contribution in [2.45, 2.75) is 12.1 Å². The number of carbonyl (C=O) groups is 1. The third kappa shape index (κ3) is 4.77. The van der Waals surface area contributed by atoms with Crippen molar-refractivity contribution < 1.29 is 31.5 Å². The number of halogens is 3. The summed E-state index contributed by atoms with van der Waals surface area (Å²) in [4.78, 5) is 24.1. The molecule has 0 aliphatic carbocycles. The first-order valence-corrected chi connectivity index (χ1v) is 10.2. The van der Waals surface area contributed by atoms with E-state index in [9.17, 15) is 36.3 Å². The van der Waals surface area contributed by atoms with Gasteiger partial charge >= 0.3 is 15.5 Å². The lowest BCUT2D eigenvalue weighted by Gasteiger charge is -2.14. The average Bonchev–Trinajstić information content (AvgIpc) is 2.70. The van der Waals surface area contributed by atoms with Gasteiger partial charge in [-0.2, -0.15) is 21.6 Å². The molecule has 0 saturated heterocycles. The Kier molecular flexibility index (Phi) is 5.89. The van der Waals surface area contributed by atoms with Crippen LogP contribution in [0.3, 0.4) is 0 Å². The van der Waals surface area contributed by atoms with Gasteiger partial charge in [-0.3, -0.25) is 9.59 Å². The highest BCUT2D eigenvalue weighted by Gasteiger charge is 2.47. The molecule has 0 aliphatic heterocycles. The molecule has 0 atom stereocenters. The zero-order valence-electron chi connectivity index (χ0n) is 15.6. The van der Waals surface area contributed by atoms with Gasteiger partial charge in [0.2, 0.25) is 5.43 Å². The van der Waals surface area contributed by atoms with Gasteiger partial charge in [0.05, 0.1) is 6.20 Å². The Labute approximate surface area is 174 Å². The third-order valence-corrected chi connectivity index (χ3v) is 5.36. The van der Waals surface area contributed by atoms with Crippen LogP contribution in [0.2, 0.25) is 0 Å². The van der Waals surface area contributed by atoms with E-state index in [4.69, 9.17) is 0 Å². The Morgan fingerprint density at radius 3 is 2.26 bits per heavy atom. The summed E-state index contributed by atoms with van der Waals surface area (Å²) in [5.74, 6) is -2.72. The zero-order chi connectivity index (χ0) is 22.8. The number of alkyl halides is 3. The number of rotatable bonds is 5. The number of nitrogens with zero attached hydrogens (tertiary/aromatic N) is 1. The monoisotopic (exact) mass is 452 g/mol. The van der Waals surface area contributed by atoms with E-state index in [1.807, 2.05) is 36.4 Å². The fraction of sp³-hybridized carbons (Fsp3) is 0.100. The summed E-state index contributed by atoms with van der Waals surface area (Å²) in [7, 11) is -6.02. The smallest absolute Gasteiger partial charge is 0.503 e. The van der Waals surface area contributed by atoms with Crippen molar-refractivity contribution in [3.05, 3.63) is 88.3 Å². The van der Waals surface area contributed by atoms with Crippen molar-refractivity contribution in [1.29, 1.82) is 0 Å². The first kappa shape index (κ1) is 22.1. The molecule has 0 aliphatic rings. The predicted molar refractivity (Wildman–Crippen MR) is 106 cm³/mol. The van der Waals surface area contributed by atoms with Crippen molar-refractivity contribution in [1.82, 2.24) is 9.29 Å². The Morgan fingerprint density at radius 1 is 1.00 bits per heavy atom. The SMILES string of the molecule is O=C(NS(=O)(=O)C(F)(F)F)c1cn(Cc2ccccc2-c2ccccc2)cc(O)c1=O. The molecule has 7 nitrogen and oxygen atoms in total. The van der Waals surface area contributed by atoms with Gasteiger partial charge in [0, 0.05) is 12.7 Å². The summed E-state index contributed by atoms with van der Waals surface area (Å²) in [6, 6.07) is 16.4. The zero-order valence-corrected chi connectivity index (χ0v) is 16.4. The van der Waals surface area contributed by atoms with Gasteiger partial charge in [0.15, 0.2) is 5.75 Å². The lowest BCUT2D eigenvalue weighted by atomic mass is 9.99. The van der Waals surface area contributed by atoms with Crippen LogP contribution in [0.25, 0.3) is 11.1 Å². The summed E-state index contributed by atoms with van der Waals surface area (Å²) in [5, 5.41) is 9.87. The molecule has 2 N–H and O–H groups in total. The van der Waals surface area contributed by atoms with Gasteiger partial charge in [-0.15, -0.1) is 0 Å². The molecule has 0 bridgehead atoms.